The van der Waals surface area contributed by atoms with Crippen molar-refractivity contribution in [1.82, 2.24) is 9.97 Å². The van der Waals surface area contributed by atoms with Crippen LogP contribution in [0.15, 0.2) is 0 Å². The van der Waals surface area contributed by atoms with Crippen LogP contribution in [0.3, 0.4) is 0 Å². The lowest BCUT2D eigenvalue weighted by atomic mass is 9.81. The van der Waals surface area contributed by atoms with E-state index in [2.05, 4.69) is 32.7 Å². The van der Waals surface area contributed by atoms with Crippen LogP contribution < -0.4 is 0 Å². The van der Waals surface area contributed by atoms with Crippen molar-refractivity contribution in [3.63, 3.8) is 0 Å². The lowest BCUT2D eigenvalue weighted by molar-refractivity contribution is 0.323. The second kappa shape index (κ2) is 4.11. The molecule has 2 aliphatic carbocycles. The summed E-state index contributed by atoms with van der Waals surface area (Å²) < 4.78 is 0. The summed E-state index contributed by atoms with van der Waals surface area (Å²) in [5, 5.41) is 0. The molecule has 18 heavy (non-hydrogen) atoms. The first-order chi connectivity index (χ1) is 8.47. The Kier molecular flexibility index (Phi) is 2.80. The predicted octanol–water partition coefficient (Wildman–Crippen LogP) is 4.07. The van der Waals surface area contributed by atoms with E-state index < -0.39 is 0 Å². The van der Waals surface area contributed by atoms with E-state index in [4.69, 9.17) is 4.98 Å². The van der Waals surface area contributed by atoms with Crippen LogP contribution >= 0.6 is 0 Å². The largest absolute Gasteiger partial charge is 0.345 e. The molecule has 1 saturated carbocycles. The van der Waals surface area contributed by atoms with Gasteiger partial charge in [0.25, 0.3) is 0 Å². The van der Waals surface area contributed by atoms with Gasteiger partial charge in [0.05, 0.1) is 5.69 Å². The molecule has 0 aliphatic heterocycles. The Balaban J connectivity index is 1.90. The molecule has 1 fully saturated rings. The Hall–Kier alpha value is -0.790. The molecule has 1 heterocycles. The van der Waals surface area contributed by atoms with Crippen LogP contribution in [-0.2, 0) is 12.8 Å². The van der Waals surface area contributed by atoms with Crippen molar-refractivity contribution in [3.05, 3.63) is 17.2 Å². The fourth-order valence-corrected chi connectivity index (χ4v) is 3.83. The zero-order chi connectivity index (χ0) is 12.9. The minimum absolute atomic E-state index is 0.428. The van der Waals surface area contributed by atoms with Crippen molar-refractivity contribution in [2.24, 2.45) is 17.3 Å². The molecule has 2 nitrogen and oxygen atoms in total. The minimum atomic E-state index is 0.428. The molecule has 2 heteroatoms. The second-order valence-corrected chi connectivity index (χ2v) is 7.34. The molecule has 0 saturated heterocycles. The highest BCUT2D eigenvalue weighted by molar-refractivity contribution is 5.22. The molecule has 1 N–H and O–H groups in total. The van der Waals surface area contributed by atoms with Gasteiger partial charge in [-0.3, -0.25) is 0 Å². The summed E-state index contributed by atoms with van der Waals surface area (Å²) in [4.78, 5) is 8.63. The quantitative estimate of drug-likeness (QED) is 0.795. The molecule has 0 radical (unpaired) electrons. The summed E-state index contributed by atoms with van der Waals surface area (Å²) in [6.45, 7) is 9.53. The number of hydrogen-bond acceptors (Lipinski definition) is 1. The smallest absolute Gasteiger partial charge is 0.110 e. The molecule has 1 aromatic heterocycles. The number of nitrogens with zero attached hydrogens (tertiary/aromatic N) is 1. The summed E-state index contributed by atoms with van der Waals surface area (Å²) >= 11 is 0. The lowest BCUT2D eigenvalue weighted by Crippen LogP contribution is -2.20. The SMILES string of the molecule is CC1Cc2nc(C3CCCC3(C)C)[nH]c2CC1C. The maximum atomic E-state index is 4.96. The third kappa shape index (κ3) is 1.90. The molecule has 2 aliphatic rings. The Labute approximate surface area is 111 Å². The molecule has 3 rings (SSSR count). The van der Waals surface area contributed by atoms with E-state index in [9.17, 15) is 0 Å². The average Bonchev–Trinajstić information content (AvgIpc) is 2.81. The maximum absolute atomic E-state index is 4.96. The zero-order valence-corrected chi connectivity index (χ0v) is 12.2. The molecule has 1 aromatic rings. The predicted molar refractivity (Wildman–Crippen MR) is 74.7 cm³/mol. The number of aromatic amines is 1. The molecule has 3 atom stereocenters. The highest BCUT2D eigenvalue weighted by Gasteiger charge is 2.38. The lowest BCUT2D eigenvalue weighted by Gasteiger charge is -2.25. The van der Waals surface area contributed by atoms with Gasteiger partial charge >= 0.3 is 0 Å². The van der Waals surface area contributed by atoms with Crippen LogP contribution in [-0.4, -0.2) is 9.97 Å². The number of H-pyrrole nitrogens is 1. The highest BCUT2D eigenvalue weighted by Crippen LogP contribution is 2.48. The van der Waals surface area contributed by atoms with E-state index in [0.29, 0.717) is 11.3 Å². The third-order valence-corrected chi connectivity index (χ3v) is 5.48. The van der Waals surface area contributed by atoms with E-state index in [0.717, 1.165) is 11.8 Å². The standard InChI is InChI=1S/C16H26N2/c1-10-8-13-14(9-11(10)2)18-15(17-13)12-6-5-7-16(12,3)4/h10-12H,5-9H2,1-4H3,(H,17,18). The molecule has 0 aromatic carbocycles. The number of aromatic nitrogens is 2. The van der Waals surface area contributed by atoms with Crippen molar-refractivity contribution in [2.75, 3.05) is 0 Å². The first kappa shape index (κ1) is 12.3. The van der Waals surface area contributed by atoms with Gasteiger partial charge in [-0.25, -0.2) is 4.98 Å². The first-order valence-electron chi connectivity index (χ1n) is 7.55. The van der Waals surface area contributed by atoms with Gasteiger partial charge in [0, 0.05) is 11.6 Å². The van der Waals surface area contributed by atoms with Crippen LogP contribution in [0.5, 0.6) is 0 Å². The molecule has 0 spiro atoms. The van der Waals surface area contributed by atoms with Gasteiger partial charge in [0.1, 0.15) is 5.82 Å². The summed E-state index contributed by atoms with van der Waals surface area (Å²) in [6.07, 6.45) is 6.37. The van der Waals surface area contributed by atoms with Gasteiger partial charge in [0.15, 0.2) is 0 Å². The monoisotopic (exact) mass is 246 g/mol. The van der Waals surface area contributed by atoms with E-state index in [1.165, 1.54) is 49.3 Å². The zero-order valence-electron chi connectivity index (χ0n) is 12.2. The Morgan fingerprint density at radius 3 is 2.56 bits per heavy atom. The van der Waals surface area contributed by atoms with Gasteiger partial charge in [0.2, 0.25) is 0 Å². The minimum Gasteiger partial charge on any atom is -0.345 e. The summed E-state index contributed by atoms with van der Waals surface area (Å²) in [7, 11) is 0. The summed E-state index contributed by atoms with van der Waals surface area (Å²) in [5.41, 5.74) is 3.22. The second-order valence-electron chi connectivity index (χ2n) is 7.34. The number of fused-ring (bicyclic) bond motifs is 1. The van der Waals surface area contributed by atoms with Crippen molar-refractivity contribution in [3.8, 4) is 0 Å². The number of nitrogens with one attached hydrogen (secondary N) is 1. The van der Waals surface area contributed by atoms with E-state index in [1.807, 2.05) is 0 Å². The fraction of sp³-hybridized carbons (Fsp3) is 0.812. The van der Waals surface area contributed by atoms with Gasteiger partial charge in [-0.05, 0) is 42.9 Å². The van der Waals surface area contributed by atoms with Crippen molar-refractivity contribution >= 4 is 0 Å². The van der Waals surface area contributed by atoms with Crippen molar-refractivity contribution in [2.45, 2.75) is 65.7 Å². The van der Waals surface area contributed by atoms with Crippen molar-refractivity contribution < 1.29 is 0 Å². The molecule has 0 amide bonds. The fourth-order valence-electron chi connectivity index (χ4n) is 3.83. The summed E-state index contributed by atoms with van der Waals surface area (Å²) in [5.74, 6) is 3.50. The maximum Gasteiger partial charge on any atom is 0.110 e. The first-order valence-corrected chi connectivity index (χ1v) is 7.55. The van der Waals surface area contributed by atoms with Crippen LogP contribution in [0.4, 0.5) is 0 Å². The Bertz CT molecular complexity index is 416. The van der Waals surface area contributed by atoms with Crippen LogP contribution in [0.25, 0.3) is 0 Å². The van der Waals surface area contributed by atoms with Crippen LogP contribution in [0.2, 0.25) is 0 Å². The van der Waals surface area contributed by atoms with Crippen LogP contribution in [0.1, 0.15) is 70.1 Å². The molecular weight excluding hydrogens is 220 g/mol. The van der Waals surface area contributed by atoms with Gasteiger partial charge in [-0.1, -0.05) is 34.1 Å². The molecule has 100 valence electrons. The van der Waals surface area contributed by atoms with Crippen LogP contribution in [0, 0.1) is 17.3 Å². The van der Waals surface area contributed by atoms with E-state index in [1.54, 1.807) is 0 Å². The third-order valence-electron chi connectivity index (χ3n) is 5.48. The van der Waals surface area contributed by atoms with E-state index in [-0.39, 0.29) is 0 Å². The van der Waals surface area contributed by atoms with Crippen molar-refractivity contribution in [1.29, 1.82) is 0 Å². The molecule has 0 bridgehead atoms. The Morgan fingerprint density at radius 2 is 1.89 bits per heavy atom. The number of hydrogen-bond donors (Lipinski definition) is 1. The average molecular weight is 246 g/mol. The van der Waals surface area contributed by atoms with Gasteiger partial charge < -0.3 is 4.98 Å². The number of rotatable bonds is 1. The molecular formula is C16H26N2. The van der Waals surface area contributed by atoms with Gasteiger partial charge in [-0.15, -0.1) is 0 Å². The molecule has 3 unspecified atom stereocenters. The summed E-state index contributed by atoms with van der Waals surface area (Å²) in [6, 6.07) is 0. The van der Waals surface area contributed by atoms with E-state index >= 15 is 0 Å². The topological polar surface area (TPSA) is 28.7 Å². The number of imidazole rings is 1. The van der Waals surface area contributed by atoms with Gasteiger partial charge in [-0.2, -0.15) is 0 Å². The normalized spacial score (nSPS) is 34.6. The highest BCUT2D eigenvalue weighted by atomic mass is 15.0. The Morgan fingerprint density at radius 1 is 1.17 bits per heavy atom.